The van der Waals surface area contributed by atoms with Crippen LogP contribution in [0.1, 0.15) is 33.7 Å². The molecule has 0 spiro atoms. The molecule has 0 bridgehead atoms. The van der Waals surface area contributed by atoms with Gasteiger partial charge < -0.3 is 0 Å². The van der Waals surface area contributed by atoms with E-state index < -0.39 is 0 Å². The molecule has 0 fully saturated rings. The van der Waals surface area contributed by atoms with Crippen LogP contribution in [-0.2, 0) is 6.42 Å². The summed E-state index contributed by atoms with van der Waals surface area (Å²) in [7, 11) is 0. The fourth-order valence-electron chi connectivity index (χ4n) is 5.79. The third-order valence-electron chi connectivity index (χ3n) is 7.40. The molecule has 1 aliphatic carbocycles. The highest BCUT2D eigenvalue weighted by Gasteiger charge is 2.29. The lowest BCUT2D eigenvalue weighted by molar-refractivity contribution is 0.889. The van der Waals surface area contributed by atoms with Crippen molar-refractivity contribution < 1.29 is 0 Å². The SMILES string of the molecule is c1ccc2c(c1)Cc1cccc(-c3ccc4ccccc4c3)c1C2c1ccc2ccccc2c1. The molecule has 0 N–H and O–H groups in total. The Labute approximate surface area is 200 Å². The smallest absolute Gasteiger partial charge is 0.0352 e. The van der Waals surface area contributed by atoms with E-state index in [4.69, 9.17) is 0 Å². The van der Waals surface area contributed by atoms with Gasteiger partial charge in [-0.3, -0.25) is 0 Å². The molecule has 1 aliphatic rings. The maximum Gasteiger partial charge on any atom is 0.0352 e. The van der Waals surface area contributed by atoms with E-state index in [1.807, 2.05) is 0 Å². The molecule has 0 aliphatic heterocycles. The highest BCUT2D eigenvalue weighted by Crippen LogP contribution is 2.46. The monoisotopic (exact) mass is 432 g/mol. The molecule has 6 aromatic carbocycles. The summed E-state index contributed by atoms with van der Waals surface area (Å²) in [5, 5.41) is 5.16. The third-order valence-corrected chi connectivity index (χ3v) is 7.40. The average Bonchev–Trinajstić information content (AvgIpc) is 2.91. The van der Waals surface area contributed by atoms with E-state index in [0.29, 0.717) is 0 Å². The van der Waals surface area contributed by atoms with Crippen LogP contribution >= 0.6 is 0 Å². The highest BCUT2D eigenvalue weighted by atomic mass is 14.3. The predicted molar refractivity (Wildman–Crippen MR) is 144 cm³/mol. The number of hydrogen-bond acceptors (Lipinski definition) is 0. The van der Waals surface area contributed by atoms with E-state index in [9.17, 15) is 0 Å². The Kier molecular flexibility index (Phi) is 4.38. The van der Waals surface area contributed by atoms with Gasteiger partial charge in [-0.05, 0) is 73.0 Å². The molecule has 160 valence electrons. The summed E-state index contributed by atoms with van der Waals surface area (Å²) in [6.07, 6.45) is 0.983. The lowest BCUT2D eigenvalue weighted by Crippen LogP contribution is -2.16. The summed E-state index contributed by atoms with van der Waals surface area (Å²) >= 11 is 0. The Morgan fingerprint density at radius 2 is 1.12 bits per heavy atom. The quantitative estimate of drug-likeness (QED) is 0.256. The summed E-state index contributed by atoms with van der Waals surface area (Å²) in [6.45, 7) is 0. The second kappa shape index (κ2) is 7.71. The predicted octanol–water partition coefficient (Wildman–Crippen LogP) is 8.74. The van der Waals surface area contributed by atoms with Crippen LogP contribution in [0, 0.1) is 0 Å². The van der Waals surface area contributed by atoms with Gasteiger partial charge in [0.15, 0.2) is 0 Å². The molecular formula is C34H24. The highest BCUT2D eigenvalue weighted by molar-refractivity contribution is 5.89. The van der Waals surface area contributed by atoms with Gasteiger partial charge in [0.05, 0.1) is 0 Å². The van der Waals surface area contributed by atoms with Crippen molar-refractivity contribution in [1.29, 1.82) is 0 Å². The molecule has 0 aromatic heterocycles. The van der Waals surface area contributed by atoms with Gasteiger partial charge in [-0.25, -0.2) is 0 Å². The van der Waals surface area contributed by atoms with Crippen molar-refractivity contribution in [2.24, 2.45) is 0 Å². The van der Waals surface area contributed by atoms with E-state index in [1.54, 1.807) is 0 Å². The maximum atomic E-state index is 2.39. The Morgan fingerprint density at radius 1 is 0.471 bits per heavy atom. The van der Waals surface area contributed by atoms with Crippen LogP contribution in [0.5, 0.6) is 0 Å². The van der Waals surface area contributed by atoms with E-state index in [2.05, 4.69) is 127 Å². The zero-order valence-corrected chi connectivity index (χ0v) is 18.9. The molecule has 0 radical (unpaired) electrons. The van der Waals surface area contributed by atoms with E-state index in [-0.39, 0.29) is 5.92 Å². The van der Waals surface area contributed by atoms with Gasteiger partial charge >= 0.3 is 0 Å². The van der Waals surface area contributed by atoms with Crippen molar-refractivity contribution in [3.63, 3.8) is 0 Å². The summed E-state index contributed by atoms with van der Waals surface area (Å²) in [4.78, 5) is 0. The summed E-state index contributed by atoms with van der Waals surface area (Å²) in [5.74, 6) is 0.215. The van der Waals surface area contributed by atoms with Gasteiger partial charge in [0, 0.05) is 5.92 Å². The van der Waals surface area contributed by atoms with Crippen molar-refractivity contribution in [2.75, 3.05) is 0 Å². The van der Waals surface area contributed by atoms with E-state index >= 15 is 0 Å². The molecule has 0 saturated carbocycles. The zero-order chi connectivity index (χ0) is 22.5. The van der Waals surface area contributed by atoms with Gasteiger partial charge in [-0.15, -0.1) is 0 Å². The van der Waals surface area contributed by atoms with Crippen LogP contribution < -0.4 is 0 Å². The molecule has 0 heterocycles. The van der Waals surface area contributed by atoms with Crippen LogP contribution in [0.15, 0.2) is 127 Å². The molecule has 6 aromatic rings. The Bertz CT molecular complexity index is 1690. The van der Waals surface area contributed by atoms with E-state index in [0.717, 1.165) is 6.42 Å². The van der Waals surface area contributed by atoms with Crippen molar-refractivity contribution in [1.82, 2.24) is 0 Å². The molecule has 0 nitrogen and oxygen atoms in total. The topological polar surface area (TPSA) is 0 Å². The molecule has 7 rings (SSSR count). The van der Waals surface area contributed by atoms with Crippen molar-refractivity contribution in [3.05, 3.63) is 155 Å². The number of rotatable bonds is 2. The standard InChI is InChI=1S/C34H24/c1-3-10-25-20-28(18-16-23(25)8-1)32-15-7-13-29-22-27-12-5-6-14-31(27)34(33(29)32)30-19-17-24-9-2-4-11-26(24)21-30/h1-21,34H,22H2. The maximum absolute atomic E-state index is 2.39. The second-order valence-electron chi connectivity index (χ2n) is 9.36. The fraction of sp³-hybridized carbons (Fsp3) is 0.0588. The van der Waals surface area contributed by atoms with Crippen molar-refractivity contribution >= 4 is 21.5 Å². The summed E-state index contributed by atoms with van der Waals surface area (Å²) < 4.78 is 0. The lowest BCUT2D eigenvalue weighted by atomic mass is 9.72. The minimum atomic E-state index is 0.215. The first-order valence-electron chi connectivity index (χ1n) is 12.0. The lowest BCUT2D eigenvalue weighted by Gasteiger charge is -2.31. The van der Waals surface area contributed by atoms with Gasteiger partial charge in [0.2, 0.25) is 0 Å². The average molecular weight is 433 g/mol. The van der Waals surface area contributed by atoms with Crippen LogP contribution in [0.3, 0.4) is 0 Å². The Hall–Kier alpha value is -4.16. The molecular weight excluding hydrogens is 408 g/mol. The first-order chi connectivity index (χ1) is 16.8. The summed E-state index contributed by atoms with van der Waals surface area (Å²) in [5.41, 5.74) is 9.74. The molecule has 1 unspecified atom stereocenters. The van der Waals surface area contributed by atoms with Crippen molar-refractivity contribution in [3.8, 4) is 11.1 Å². The number of benzene rings is 6. The first-order valence-corrected chi connectivity index (χ1v) is 12.0. The Balaban J connectivity index is 1.50. The fourth-order valence-corrected chi connectivity index (χ4v) is 5.79. The van der Waals surface area contributed by atoms with Gasteiger partial charge in [0.1, 0.15) is 0 Å². The summed E-state index contributed by atoms with van der Waals surface area (Å²) in [6, 6.07) is 47.1. The second-order valence-corrected chi connectivity index (χ2v) is 9.36. The molecule has 0 amide bonds. The normalized spacial score (nSPS) is 14.6. The van der Waals surface area contributed by atoms with Gasteiger partial charge in [0.25, 0.3) is 0 Å². The number of hydrogen-bond donors (Lipinski definition) is 0. The number of fused-ring (bicyclic) bond motifs is 4. The Morgan fingerprint density at radius 3 is 1.94 bits per heavy atom. The van der Waals surface area contributed by atoms with Crippen LogP contribution in [-0.4, -0.2) is 0 Å². The van der Waals surface area contributed by atoms with Crippen LogP contribution in [0.4, 0.5) is 0 Å². The third kappa shape index (κ3) is 3.07. The van der Waals surface area contributed by atoms with Crippen LogP contribution in [0.25, 0.3) is 32.7 Å². The molecule has 34 heavy (non-hydrogen) atoms. The minimum absolute atomic E-state index is 0.215. The van der Waals surface area contributed by atoms with Crippen molar-refractivity contribution in [2.45, 2.75) is 12.3 Å². The first kappa shape index (κ1) is 19.3. The largest absolute Gasteiger partial charge is 0.0620 e. The molecule has 1 atom stereocenters. The van der Waals surface area contributed by atoms with E-state index in [1.165, 1.54) is 60.5 Å². The molecule has 0 heteroatoms. The van der Waals surface area contributed by atoms with Gasteiger partial charge in [-0.1, -0.05) is 121 Å². The molecule has 0 saturated heterocycles. The minimum Gasteiger partial charge on any atom is -0.0620 e. The zero-order valence-electron chi connectivity index (χ0n) is 18.9. The van der Waals surface area contributed by atoms with Gasteiger partial charge in [-0.2, -0.15) is 0 Å². The van der Waals surface area contributed by atoms with Crippen LogP contribution in [0.2, 0.25) is 0 Å².